The molecule has 0 amide bonds. The fourth-order valence-electron chi connectivity index (χ4n) is 1.61. The van der Waals surface area contributed by atoms with E-state index in [1.54, 1.807) is 0 Å². The molecule has 1 aromatic carbocycles. The Hall–Kier alpha value is -1.55. The second kappa shape index (κ2) is 4.79. The Kier molecular flexibility index (Phi) is 3.68. The summed E-state index contributed by atoms with van der Waals surface area (Å²) < 4.78 is 0. The molecule has 0 aliphatic carbocycles. The Bertz CT molecular complexity index is 362. The molecule has 0 bridgehead atoms. The molecule has 0 aliphatic rings. The van der Waals surface area contributed by atoms with E-state index in [-0.39, 0.29) is 0 Å². The number of hydrogen-bond donors (Lipinski definition) is 2. The maximum Gasteiger partial charge on any atom is 0.170 e. The van der Waals surface area contributed by atoms with Crippen LogP contribution in [0.15, 0.2) is 17.3 Å². The second-order valence-electron chi connectivity index (χ2n) is 3.45. The minimum atomic E-state index is 0.382. The van der Waals surface area contributed by atoms with Crippen LogP contribution in [0.1, 0.15) is 22.3 Å². The third-order valence-electron chi connectivity index (χ3n) is 2.39. The highest BCUT2D eigenvalue weighted by Crippen LogP contribution is 2.16. The van der Waals surface area contributed by atoms with Gasteiger partial charge in [-0.2, -0.15) is 0 Å². The molecule has 0 aromatic heterocycles. The monoisotopic (exact) mass is 207 g/mol. The Morgan fingerprint density at radius 2 is 1.87 bits per heavy atom. The Morgan fingerprint density at radius 3 is 2.27 bits per heavy atom. The Balaban J connectivity index is 3.20. The maximum atomic E-state index is 5.73. The molecule has 82 valence electrons. The Labute approximate surface area is 89.9 Å². The molecule has 0 saturated carbocycles. The summed E-state index contributed by atoms with van der Waals surface area (Å²) in [5.74, 6) is 0.382. The Morgan fingerprint density at radius 1 is 1.33 bits per heavy atom. The van der Waals surface area contributed by atoms with Crippen molar-refractivity contribution in [1.29, 1.82) is 0 Å². The van der Waals surface area contributed by atoms with Gasteiger partial charge in [0.25, 0.3) is 0 Å². The normalized spacial score (nSPS) is 11.6. The topological polar surface area (TPSA) is 73.6 Å². The zero-order valence-electron chi connectivity index (χ0n) is 9.37. The number of nitrogens with zero attached hydrogens (tertiary/aromatic N) is 1. The van der Waals surface area contributed by atoms with Gasteiger partial charge in [0.05, 0.1) is 0 Å². The molecule has 4 N–H and O–H groups in total. The van der Waals surface area contributed by atoms with E-state index < -0.39 is 0 Å². The van der Waals surface area contributed by atoms with Crippen molar-refractivity contribution in [3.8, 4) is 0 Å². The number of benzene rings is 1. The lowest BCUT2D eigenvalue weighted by atomic mass is 9.99. The zero-order valence-corrected chi connectivity index (χ0v) is 9.37. The van der Waals surface area contributed by atoms with Crippen molar-refractivity contribution in [3.63, 3.8) is 0 Å². The lowest BCUT2D eigenvalue weighted by Crippen LogP contribution is -2.15. The van der Waals surface area contributed by atoms with Crippen molar-refractivity contribution < 1.29 is 4.84 Å². The van der Waals surface area contributed by atoms with Gasteiger partial charge in [0, 0.05) is 12.1 Å². The van der Waals surface area contributed by atoms with Gasteiger partial charge in [-0.05, 0) is 42.7 Å². The predicted octanol–water partition coefficient (Wildman–Crippen LogP) is 1.03. The lowest BCUT2D eigenvalue weighted by molar-refractivity contribution is 0.213. The average Bonchev–Trinajstić information content (AvgIpc) is 2.17. The summed E-state index contributed by atoms with van der Waals surface area (Å²) in [7, 11) is 1.47. The largest absolute Gasteiger partial charge is 0.397 e. The van der Waals surface area contributed by atoms with Crippen molar-refractivity contribution in [2.24, 2.45) is 16.6 Å². The molecule has 1 rings (SSSR count). The third kappa shape index (κ3) is 2.47. The van der Waals surface area contributed by atoms with Crippen LogP contribution < -0.4 is 11.5 Å². The van der Waals surface area contributed by atoms with E-state index in [0.717, 1.165) is 22.3 Å². The highest BCUT2D eigenvalue weighted by molar-refractivity contribution is 5.97. The summed E-state index contributed by atoms with van der Waals surface area (Å²) in [6.45, 7) is 4.57. The molecule has 0 saturated heterocycles. The minimum Gasteiger partial charge on any atom is -0.397 e. The second-order valence-corrected chi connectivity index (χ2v) is 3.45. The molecule has 0 heterocycles. The van der Waals surface area contributed by atoms with Crippen molar-refractivity contribution in [2.45, 2.75) is 20.4 Å². The van der Waals surface area contributed by atoms with Crippen LogP contribution in [-0.2, 0) is 11.4 Å². The molecule has 4 heteroatoms. The average molecular weight is 207 g/mol. The van der Waals surface area contributed by atoms with Crippen LogP contribution in [0, 0.1) is 13.8 Å². The van der Waals surface area contributed by atoms with Gasteiger partial charge in [-0.1, -0.05) is 5.16 Å². The molecule has 0 spiro atoms. The van der Waals surface area contributed by atoms with E-state index in [1.165, 1.54) is 7.11 Å². The molecule has 4 nitrogen and oxygen atoms in total. The molecule has 1 aromatic rings. The molecule has 0 atom stereocenters. The van der Waals surface area contributed by atoms with Gasteiger partial charge in [-0.15, -0.1) is 0 Å². The smallest absolute Gasteiger partial charge is 0.170 e. The first-order valence-corrected chi connectivity index (χ1v) is 4.77. The van der Waals surface area contributed by atoms with Crippen molar-refractivity contribution in [3.05, 3.63) is 34.4 Å². The first kappa shape index (κ1) is 11.5. The molecule has 15 heavy (non-hydrogen) atoms. The van der Waals surface area contributed by atoms with Crippen LogP contribution >= 0.6 is 0 Å². The van der Waals surface area contributed by atoms with Crippen LogP contribution in [0.4, 0.5) is 0 Å². The minimum absolute atomic E-state index is 0.382. The number of amidine groups is 1. The molecule has 0 radical (unpaired) electrons. The summed E-state index contributed by atoms with van der Waals surface area (Å²) in [6, 6.07) is 3.93. The number of nitrogens with two attached hydrogens (primary N) is 2. The van der Waals surface area contributed by atoms with Crippen LogP contribution in [0.5, 0.6) is 0 Å². The van der Waals surface area contributed by atoms with Gasteiger partial charge in [0.2, 0.25) is 0 Å². The van der Waals surface area contributed by atoms with Crippen molar-refractivity contribution in [2.75, 3.05) is 7.11 Å². The summed E-state index contributed by atoms with van der Waals surface area (Å²) in [5, 5.41) is 3.70. The van der Waals surface area contributed by atoms with Gasteiger partial charge in [0.15, 0.2) is 5.84 Å². The number of rotatable bonds is 3. The number of aryl methyl sites for hydroxylation is 2. The van der Waals surface area contributed by atoms with E-state index in [4.69, 9.17) is 11.5 Å². The highest BCUT2D eigenvalue weighted by Gasteiger charge is 2.06. The fourth-order valence-corrected chi connectivity index (χ4v) is 1.61. The summed E-state index contributed by atoms with van der Waals surface area (Å²) in [5.41, 5.74) is 15.7. The summed E-state index contributed by atoms with van der Waals surface area (Å²) >= 11 is 0. The van der Waals surface area contributed by atoms with Gasteiger partial charge in [-0.3, -0.25) is 0 Å². The first-order chi connectivity index (χ1) is 7.10. The van der Waals surface area contributed by atoms with Crippen LogP contribution in [0.3, 0.4) is 0 Å². The van der Waals surface area contributed by atoms with Gasteiger partial charge < -0.3 is 16.3 Å². The van der Waals surface area contributed by atoms with E-state index in [2.05, 4.69) is 9.99 Å². The standard InChI is InChI=1S/C11H17N3O/c1-7-4-9(11(13)14-15-3)5-8(2)10(7)6-12/h4-5H,6,12H2,1-3H3,(H2,13,14). The fraction of sp³-hybridized carbons (Fsp3) is 0.364. The SMILES string of the molecule is CO/N=C(\N)c1cc(C)c(CN)c(C)c1. The number of oxime groups is 1. The quantitative estimate of drug-likeness (QED) is 0.441. The van der Waals surface area contributed by atoms with Crippen LogP contribution in [0.25, 0.3) is 0 Å². The summed E-state index contributed by atoms with van der Waals surface area (Å²) in [4.78, 5) is 4.63. The first-order valence-electron chi connectivity index (χ1n) is 4.77. The predicted molar refractivity (Wildman–Crippen MR) is 61.5 cm³/mol. The third-order valence-corrected chi connectivity index (χ3v) is 2.39. The van der Waals surface area contributed by atoms with Gasteiger partial charge in [0.1, 0.15) is 7.11 Å². The summed E-state index contributed by atoms with van der Waals surface area (Å²) in [6.07, 6.45) is 0. The van der Waals surface area contributed by atoms with Crippen molar-refractivity contribution in [1.82, 2.24) is 0 Å². The molecule has 0 unspecified atom stereocenters. The lowest BCUT2D eigenvalue weighted by Gasteiger charge is -2.10. The van der Waals surface area contributed by atoms with E-state index in [9.17, 15) is 0 Å². The van der Waals surface area contributed by atoms with Gasteiger partial charge in [-0.25, -0.2) is 0 Å². The van der Waals surface area contributed by atoms with Gasteiger partial charge >= 0.3 is 0 Å². The molecular weight excluding hydrogens is 190 g/mol. The van der Waals surface area contributed by atoms with E-state index >= 15 is 0 Å². The molecule has 0 fully saturated rings. The van der Waals surface area contributed by atoms with Crippen molar-refractivity contribution >= 4 is 5.84 Å². The van der Waals surface area contributed by atoms with E-state index in [1.807, 2.05) is 26.0 Å². The molecule has 0 aliphatic heterocycles. The van der Waals surface area contributed by atoms with Crippen LogP contribution in [-0.4, -0.2) is 12.9 Å². The zero-order chi connectivity index (χ0) is 11.4. The number of hydrogen-bond acceptors (Lipinski definition) is 3. The molecular formula is C11H17N3O. The highest BCUT2D eigenvalue weighted by atomic mass is 16.6. The maximum absolute atomic E-state index is 5.73. The van der Waals surface area contributed by atoms with Crippen LogP contribution in [0.2, 0.25) is 0 Å². The van der Waals surface area contributed by atoms with E-state index in [0.29, 0.717) is 12.4 Å².